The third-order valence-corrected chi connectivity index (χ3v) is 3.44. The molecule has 0 fully saturated rings. The van der Waals surface area contributed by atoms with E-state index in [0.29, 0.717) is 11.0 Å². The predicted octanol–water partition coefficient (Wildman–Crippen LogP) is 1.82. The van der Waals surface area contributed by atoms with Gasteiger partial charge in [-0.15, -0.1) is 5.10 Å². The van der Waals surface area contributed by atoms with Crippen LogP contribution in [0, 0.1) is 6.92 Å². The molecule has 2 rings (SSSR count). The Bertz CT molecular complexity index is 534. The van der Waals surface area contributed by atoms with Crippen molar-refractivity contribution in [1.82, 2.24) is 14.2 Å². The highest BCUT2D eigenvalue weighted by Gasteiger charge is 2.06. The van der Waals surface area contributed by atoms with Crippen molar-refractivity contribution in [3.63, 3.8) is 0 Å². The van der Waals surface area contributed by atoms with Crippen LogP contribution in [0.2, 0.25) is 0 Å². The van der Waals surface area contributed by atoms with E-state index < -0.39 is 0 Å². The molecule has 6 heteroatoms. The van der Waals surface area contributed by atoms with Gasteiger partial charge in [-0.1, -0.05) is 4.49 Å². The SMILES string of the molecule is Cc1nnsc1Cn1cccc(Br)c1=O. The number of rotatable bonds is 2. The van der Waals surface area contributed by atoms with Crippen molar-refractivity contribution in [1.29, 1.82) is 0 Å². The van der Waals surface area contributed by atoms with Gasteiger partial charge >= 0.3 is 0 Å². The molecule has 0 aliphatic heterocycles. The Morgan fingerprint density at radius 1 is 1.60 bits per heavy atom. The van der Waals surface area contributed by atoms with Crippen LogP contribution in [0.15, 0.2) is 27.6 Å². The van der Waals surface area contributed by atoms with E-state index in [-0.39, 0.29) is 5.56 Å². The summed E-state index contributed by atoms with van der Waals surface area (Å²) in [6.07, 6.45) is 1.76. The summed E-state index contributed by atoms with van der Waals surface area (Å²) >= 11 is 4.53. The molecule has 0 aliphatic rings. The van der Waals surface area contributed by atoms with E-state index in [4.69, 9.17) is 0 Å². The highest BCUT2D eigenvalue weighted by Crippen LogP contribution is 2.10. The molecule has 78 valence electrons. The van der Waals surface area contributed by atoms with Crippen LogP contribution in [0.3, 0.4) is 0 Å². The minimum absolute atomic E-state index is 0.0368. The first-order valence-corrected chi connectivity index (χ1v) is 5.88. The molecule has 0 saturated heterocycles. The first-order chi connectivity index (χ1) is 7.18. The van der Waals surface area contributed by atoms with E-state index in [2.05, 4.69) is 25.5 Å². The maximum absolute atomic E-state index is 11.7. The molecule has 0 aromatic carbocycles. The van der Waals surface area contributed by atoms with Gasteiger partial charge in [0.2, 0.25) is 0 Å². The molecular weight excluding hydrogens is 278 g/mol. The van der Waals surface area contributed by atoms with Gasteiger partial charge in [-0.2, -0.15) is 0 Å². The predicted molar refractivity (Wildman–Crippen MR) is 62.2 cm³/mol. The number of hydrogen-bond acceptors (Lipinski definition) is 4. The van der Waals surface area contributed by atoms with Crippen LogP contribution < -0.4 is 5.56 Å². The minimum Gasteiger partial charge on any atom is -0.309 e. The van der Waals surface area contributed by atoms with Crippen LogP contribution >= 0.6 is 27.5 Å². The van der Waals surface area contributed by atoms with E-state index in [1.54, 1.807) is 16.8 Å². The molecule has 0 bridgehead atoms. The number of halogens is 1. The highest BCUT2D eigenvalue weighted by molar-refractivity contribution is 9.10. The van der Waals surface area contributed by atoms with Crippen molar-refractivity contribution in [2.45, 2.75) is 13.5 Å². The summed E-state index contributed by atoms with van der Waals surface area (Å²) in [6.45, 7) is 2.42. The third kappa shape index (κ3) is 2.15. The standard InChI is InChI=1S/C9H8BrN3OS/c1-6-8(15-12-11-6)5-13-4-2-3-7(10)9(13)14/h2-4H,5H2,1H3. The average Bonchev–Trinajstić information content (AvgIpc) is 2.60. The Morgan fingerprint density at radius 3 is 3.07 bits per heavy atom. The Balaban J connectivity index is 2.37. The van der Waals surface area contributed by atoms with E-state index >= 15 is 0 Å². The van der Waals surface area contributed by atoms with E-state index in [1.807, 2.05) is 13.0 Å². The fourth-order valence-corrected chi connectivity index (χ4v) is 2.19. The molecule has 0 unspecified atom stereocenters. The summed E-state index contributed by atoms with van der Waals surface area (Å²) in [5.74, 6) is 0. The molecular formula is C9H8BrN3OS. The fraction of sp³-hybridized carbons (Fsp3) is 0.222. The molecule has 0 N–H and O–H groups in total. The molecule has 2 heterocycles. The molecule has 0 radical (unpaired) electrons. The molecule has 4 nitrogen and oxygen atoms in total. The van der Waals surface area contributed by atoms with Gasteiger partial charge in [-0.3, -0.25) is 4.79 Å². The lowest BCUT2D eigenvalue weighted by Crippen LogP contribution is -2.20. The van der Waals surface area contributed by atoms with Gasteiger partial charge in [0, 0.05) is 6.20 Å². The minimum atomic E-state index is -0.0368. The van der Waals surface area contributed by atoms with Gasteiger partial charge in [0.1, 0.15) is 0 Å². The Kier molecular flexibility index (Phi) is 2.97. The Hall–Kier alpha value is -1.01. The van der Waals surface area contributed by atoms with Gasteiger partial charge in [0.05, 0.1) is 21.6 Å². The lowest BCUT2D eigenvalue weighted by atomic mass is 10.4. The first-order valence-electron chi connectivity index (χ1n) is 4.31. The first kappa shape index (κ1) is 10.5. The van der Waals surface area contributed by atoms with Crippen LogP contribution in [0.25, 0.3) is 0 Å². The van der Waals surface area contributed by atoms with Crippen molar-refractivity contribution >= 4 is 27.5 Å². The second-order valence-electron chi connectivity index (χ2n) is 3.07. The van der Waals surface area contributed by atoms with Gasteiger partial charge in [-0.25, -0.2) is 0 Å². The monoisotopic (exact) mass is 285 g/mol. The van der Waals surface area contributed by atoms with Crippen LogP contribution in [0.4, 0.5) is 0 Å². The molecule has 0 saturated carbocycles. The summed E-state index contributed by atoms with van der Waals surface area (Å²) in [4.78, 5) is 12.7. The van der Waals surface area contributed by atoms with Crippen LogP contribution in [-0.2, 0) is 6.54 Å². The number of aryl methyl sites for hydroxylation is 1. The second kappa shape index (κ2) is 4.24. The largest absolute Gasteiger partial charge is 0.309 e. The smallest absolute Gasteiger partial charge is 0.265 e. The summed E-state index contributed by atoms with van der Waals surface area (Å²) in [5, 5.41) is 3.91. The Labute approximate surface area is 98.9 Å². The number of pyridine rings is 1. The molecule has 2 aromatic heterocycles. The number of hydrogen-bond donors (Lipinski definition) is 0. The highest BCUT2D eigenvalue weighted by atomic mass is 79.9. The molecule has 0 atom stereocenters. The third-order valence-electron chi connectivity index (χ3n) is 2.03. The van der Waals surface area contributed by atoms with Crippen molar-refractivity contribution in [2.24, 2.45) is 0 Å². The van der Waals surface area contributed by atoms with E-state index in [0.717, 1.165) is 10.6 Å². The zero-order valence-corrected chi connectivity index (χ0v) is 10.4. The van der Waals surface area contributed by atoms with Gasteiger partial charge in [0.15, 0.2) is 0 Å². The van der Waals surface area contributed by atoms with Crippen molar-refractivity contribution in [3.8, 4) is 0 Å². The fourth-order valence-electron chi connectivity index (χ4n) is 1.18. The maximum atomic E-state index is 11.7. The van der Waals surface area contributed by atoms with Crippen LogP contribution in [-0.4, -0.2) is 14.2 Å². The van der Waals surface area contributed by atoms with E-state index in [1.165, 1.54) is 11.5 Å². The summed E-state index contributed by atoms with van der Waals surface area (Å²) in [5.41, 5.74) is 0.845. The van der Waals surface area contributed by atoms with Crippen molar-refractivity contribution in [2.75, 3.05) is 0 Å². The lowest BCUT2D eigenvalue weighted by molar-refractivity contribution is 0.759. The summed E-state index contributed by atoms with van der Waals surface area (Å²) in [6, 6.07) is 3.56. The molecule has 0 aliphatic carbocycles. The maximum Gasteiger partial charge on any atom is 0.265 e. The summed E-state index contributed by atoms with van der Waals surface area (Å²) < 4.78 is 6.04. The second-order valence-corrected chi connectivity index (χ2v) is 4.76. The van der Waals surface area contributed by atoms with E-state index in [9.17, 15) is 4.79 Å². The number of nitrogens with zero attached hydrogens (tertiary/aromatic N) is 3. The van der Waals surface area contributed by atoms with Gasteiger partial charge in [0.25, 0.3) is 5.56 Å². The lowest BCUT2D eigenvalue weighted by Gasteiger charge is -2.03. The topological polar surface area (TPSA) is 47.8 Å². The molecule has 2 aromatic rings. The molecule has 0 spiro atoms. The van der Waals surface area contributed by atoms with Crippen LogP contribution in [0.1, 0.15) is 10.6 Å². The zero-order valence-electron chi connectivity index (χ0n) is 7.98. The van der Waals surface area contributed by atoms with Gasteiger partial charge in [-0.05, 0) is 46.5 Å². The molecule has 15 heavy (non-hydrogen) atoms. The summed E-state index contributed by atoms with van der Waals surface area (Å²) in [7, 11) is 0. The average molecular weight is 286 g/mol. The zero-order chi connectivity index (χ0) is 10.8. The Morgan fingerprint density at radius 2 is 2.40 bits per heavy atom. The van der Waals surface area contributed by atoms with Crippen LogP contribution in [0.5, 0.6) is 0 Å². The molecule has 0 amide bonds. The quantitative estimate of drug-likeness (QED) is 0.846. The van der Waals surface area contributed by atoms with Crippen molar-refractivity contribution in [3.05, 3.63) is 43.7 Å². The number of aromatic nitrogens is 3. The van der Waals surface area contributed by atoms with Crippen molar-refractivity contribution < 1.29 is 0 Å². The van der Waals surface area contributed by atoms with Gasteiger partial charge < -0.3 is 4.57 Å². The normalized spacial score (nSPS) is 10.5.